The molecule has 0 aromatic rings. The molecule has 0 aromatic heterocycles. The molecule has 2 aliphatic rings. The lowest BCUT2D eigenvalue weighted by Gasteiger charge is -2.31. The minimum Gasteiger partial charge on any atom is -0.466 e. The molecule has 12 heteroatoms. The van der Waals surface area contributed by atoms with Gasteiger partial charge in [0.25, 0.3) is 5.91 Å². The van der Waals surface area contributed by atoms with E-state index in [1.54, 1.807) is 0 Å². The number of carbonyl (C=O) groups excluding carboxylic acids is 3. The highest BCUT2D eigenvalue weighted by atomic mass is 16.5. The van der Waals surface area contributed by atoms with Gasteiger partial charge in [-0.3, -0.25) is 14.9 Å². The van der Waals surface area contributed by atoms with E-state index in [4.69, 9.17) is 10.5 Å². The second-order valence-corrected chi connectivity index (χ2v) is 6.40. The van der Waals surface area contributed by atoms with Crippen molar-refractivity contribution >= 4 is 17.9 Å². The number of carbonyl (C=O) groups is 3. The predicted octanol–water partition coefficient (Wildman–Crippen LogP) is -2.01. The Morgan fingerprint density at radius 3 is 2.87 bits per heavy atom. The van der Waals surface area contributed by atoms with Crippen molar-refractivity contribution in [2.75, 3.05) is 20.3 Å². The highest BCUT2D eigenvalue weighted by molar-refractivity contribution is 5.93. The van der Waals surface area contributed by atoms with Crippen LogP contribution in [0.3, 0.4) is 0 Å². The van der Waals surface area contributed by atoms with Crippen molar-refractivity contribution in [2.24, 2.45) is 5.73 Å². The fourth-order valence-corrected chi connectivity index (χ4v) is 2.68. The van der Waals surface area contributed by atoms with Gasteiger partial charge in [0.05, 0.1) is 31.9 Å². The Bertz CT molecular complexity index is 787. The number of hydroxylamine groups is 2. The van der Waals surface area contributed by atoms with E-state index in [-0.39, 0.29) is 26.0 Å². The Hall–Kier alpha value is -2.95. The molecule has 3 unspecified atom stereocenters. The van der Waals surface area contributed by atoms with Crippen LogP contribution in [-0.2, 0) is 19.1 Å². The molecule has 0 saturated carbocycles. The molecule has 2 heterocycles. The van der Waals surface area contributed by atoms with Crippen molar-refractivity contribution < 1.29 is 39.3 Å². The van der Waals surface area contributed by atoms with Gasteiger partial charge in [0.15, 0.2) is 0 Å². The van der Waals surface area contributed by atoms with Gasteiger partial charge >= 0.3 is 12.0 Å². The molecule has 0 spiro atoms. The van der Waals surface area contributed by atoms with Crippen LogP contribution >= 0.6 is 0 Å². The summed E-state index contributed by atoms with van der Waals surface area (Å²) in [6.07, 6.45) is -0.0104. The zero-order chi connectivity index (χ0) is 22.3. The summed E-state index contributed by atoms with van der Waals surface area (Å²) in [7, 11) is 1.16. The average molecular weight is 424 g/mol. The first kappa shape index (κ1) is 23.3. The Kier molecular flexibility index (Phi) is 8.34. The largest absolute Gasteiger partial charge is 0.466 e. The number of nitrogens with two attached hydrogens (primary N) is 1. The molecule has 1 fully saturated rings. The van der Waals surface area contributed by atoms with Crippen LogP contribution in [0.5, 0.6) is 0 Å². The van der Waals surface area contributed by atoms with Gasteiger partial charge in [-0.2, -0.15) is 0 Å². The molecular formula is C18H24N4O8. The second kappa shape index (κ2) is 10.7. The number of methoxy groups -OCH3 is 1. The van der Waals surface area contributed by atoms with Gasteiger partial charge in [-0.1, -0.05) is 11.8 Å². The summed E-state index contributed by atoms with van der Waals surface area (Å²) >= 11 is 0. The quantitative estimate of drug-likeness (QED) is 0.106. The Morgan fingerprint density at radius 2 is 2.23 bits per heavy atom. The van der Waals surface area contributed by atoms with E-state index in [2.05, 4.69) is 21.9 Å². The summed E-state index contributed by atoms with van der Waals surface area (Å²) in [4.78, 5) is 35.9. The summed E-state index contributed by atoms with van der Waals surface area (Å²) < 4.78 is 9.80. The molecule has 12 nitrogen and oxygen atoms in total. The molecule has 30 heavy (non-hydrogen) atoms. The van der Waals surface area contributed by atoms with Crippen LogP contribution in [0, 0.1) is 11.8 Å². The molecule has 164 valence electrons. The van der Waals surface area contributed by atoms with E-state index >= 15 is 0 Å². The van der Waals surface area contributed by atoms with E-state index in [1.165, 1.54) is 11.1 Å². The molecule has 3 amide bonds. The summed E-state index contributed by atoms with van der Waals surface area (Å²) in [6.45, 7) is -0.514. The van der Waals surface area contributed by atoms with Crippen LogP contribution < -0.4 is 11.1 Å². The van der Waals surface area contributed by atoms with Gasteiger partial charge in [-0.25, -0.2) is 14.7 Å². The number of nitrogens with one attached hydrogen (secondary N) is 1. The minimum atomic E-state index is -0.910. The number of nitrogens with zero attached hydrogens (tertiary/aromatic N) is 2. The van der Waals surface area contributed by atoms with Gasteiger partial charge < -0.3 is 30.7 Å². The molecule has 6 N–H and O–H groups in total. The lowest BCUT2D eigenvalue weighted by Crippen LogP contribution is -2.54. The number of hydrogen-bond acceptors (Lipinski definition) is 9. The SMILES string of the molecule is COC(=O)/C=C/C(=O)N(O)CCC#CC1=CN(C2C[C@H](O)C(CO)O2)C(=O)NC1N. The van der Waals surface area contributed by atoms with E-state index in [0.29, 0.717) is 10.6 Å². The van der Waals surface area contributed by atoms with Crippen molar-refractivity contribution in [3.8, 4) is 11.8 Å². The Morgan fingerprint density at radius 1 is 1.50 bits per heavy atom. The lowest BCUT2D eigenvalue weighted by atomic mass is 10.1. The van der Waals surface area contributed by atoms with Crippen molar-refractivity contribution in [3.63, 3.8) is 0 Å². The van der Waals surface area contributed by atoms with Crippen LogP contribution in [0.25, 0.3) is 0 Å². The normalized spacial score (nSPS) is 26.0. The van der Waals surface area contributed by atoms with Crippen LogP contribution in [-0.4, -0.2) is 88.2 Å². The average Bonchev–Trinajstić information content (AvgIpc) is 3.10. The van der Waals surface area contributed by atoms with Crippen LogP contribution in [0.4, 0.5) is 4.79 Å². The van der Waals surface area contributed by atoms with E-state index in [1.807, 2.05) is 0 Å². The fraction of sp³-hybridized carbons (Fsp3) is 0.500. The monoisotopic (exact) mass is 424 g/mol. The summed E-state index contributed by atoms with van der Waals surface area (Å²) in [5.41, 5.74) is 6.20. The van der Waals surface area contributed by atoms with Crippen molar-refractivity contribution in [2.45, 2.75) is 37.4 Å². The fourth-order valence-electron chi connectivity index (χ4n) is 2.68. The van der Waals surface area contributed by atoms with Crippen LogP contribution in [0.2, 0.25) is 0 Å². The molecule has 2 aliphatic heterocycles. The van der Waals surface area contributed by atoms with Gasteiger partial charge in [0, 0.05) is 31.2 Å². The molecule has 4 atom stereocenters. The number of amides is 3. The first-order valence-corrected chi connectivity index (χ1v) is 9.02. The number of hydrogen-bond donors (Lipinski definition) is 5. The molecule has 2 rings (SSSR count). The van der Waals surface area contributed by atoms with Gasteiger partial charge in [0.1, 0.15) is 18.5 Å². The maximum atomic E-state index is 12.2. The number of esters is 1. The van der Waals surface area contributed by atoms with Crippen molar-refractivity contribution in [1.29, 1.82) is 0 Å². The zero-order valence-corrected chi connectivity index (χ0v) is 16.2. The third kappa shape index (κ3) is 6.02. The minimum absolute atomic E-state index is 0.0809. The van der Waals surface area contributed by atoms with Crippen molar-refractivity contribution in [1.82, 2.24) is 15.3 Å². The molecule has 0 aliphatic carbocycles. The number of ether oxygens (including phenoxy) is 2. The molecule has 0 radical (unpaired) electrons. The topological polar surface area (TPSA) is 175 Å². The number of aliphatic hydroxyl groups is 2. The van der Waals surface area contributed by atoms with E-state index < -0.39 is 42.5 Å². The summed E-state index contributed by atoms with van der Waals surface area (Å²) in [5, 5.41) is 31.5. The smallest absolute Gasteiger partial charge is 0.330 e. The van der Waals surface area contributed by atoms with Crippen LogP contribution in [0.1, 0.15) is 12.8 Å². The van der Waals surface area contributed by atoms with Gasteiger partial charge in [0.2, 0.25) is 0 Å². The van der Waals surface area contributed by atoms with E-state index in [0.717, 1.165) is 19.3 Å². The second-order valence-electron chi connectivity index (χ2n) is 6.40. The first-order valence-electron chi connectivity index (χ1n) is 9.02. The Labute approximate surface area is 172 Å². The van der Waals surface area contributed by atoms with E-state index in [9.17, 15) is 29.8 Å². The maximum Gasteiger partial charge on any atom is 0.330 e. The number of urea groups is 1. The van der Waals surface area contributed by atoms with Gasteiger partial charge in [-0.15, -0.1) is 0 Å². The van der Waals surface area contributed by atoms with Crippen LogP contribution in [0.15, 0.2) is 23.9 Å². The molecule has 0 aromatic carbocycles. The maximum absolute atomic E-state index is 12.2. The number of rotatable bonds is 6. The third-order valence-corrected chi connectivity index (χ3v) is 4.32. The molecule has 1 saturated heterocycles. The highest BCUT2D eigenvalue weighted by Crippen LogP contribution is 2.25. The Balaban J connectivity index is 1.96. The zero-order valence-electron chi connectivity index (χ0n) is 16.2. The summed E-state index contributed by atoms with van der Waals surface area (Å²) in [5.74, 6) is 3.94. The summed E-state index contributed by atoms with van der Waals surface area (Å²) in [6, 6.07) is -0.534. The highest BCUT2D eigenvalue weighted by Gasteiger charge is 2.39. The third-order valence-electron chi connectivity index (χ3n) is 4.32. The standard InChI is InChI=1S/C18H24N4O8/c1-29-16(26)6-5-14(25)22(28)7-3-2-4-11-9-21(18(27)20-17(11)19)15-8-12(24)13(10-23)30-15/h5-6,9,12-13,15,17,23-24,28H,3,7-8,10,19H2,1H3,(H,20,27)/b6-5+/t12-,13?,15?,17?/m0/s1. The predicted molar refractivity (Wildman–Crippen MR) is 99.8 cm³/mol. The molecule has 0 bridgehead atoms. The molecular weight excluding hydrogens is 400 g/mol. The number of aliphatic hydroxyl groups excluding tert-OH is 2. The van der Waals surface area contributed by atoms with Crippen molar-refractivity contribution in [3.05, 3.63) is 23.9 Å². The first-order chi connectivity index (χ1) is 14.3. The van der Waals surface area contributed by atoms with Gasteiger partial charge in [-0.05, 0) is 0 Å². The lowest BCUT2D eigenvalue weighted by molar-refractivity contribution is -0.159.